The monoisotopic (exact) mass is 256 g/mol. The molecule has 1 aromatic heterocycles. The predicted molar refractivity (Wildman–Crippen MR) is 77.0 cm³/mol. The Hall–Kier alpha value is -1.45. The number of nitrogens with one attached hydrogen (secondary N) is 1. The molecule has 19 heavy (non-hydrogen) atoms. The molecule has 3 rings (SSSR count). The molecule has 1 aliphatic rings. The van der Waals surface area contributed by atoms with Gasteiger partial charge in [-0.25, -0.2) is 0 Å². The van der Waals surface area contributed by atoms with Crippen molar-refractivity contribution in [2.75, 3.05) is 19.8 Å². The van der Waals surface area contributed by atoms with Crippen LogP contribution in [0.4, 0.5) is 0 Å². The van der Waals surface area contributed by atoms with Gasteiger partial charge in [0.15, 0.2) is 0 Å². The Bertz CT molecular complexity index is 530. The van der Waals surface area contributed by atoms with Gasteiger partial charge in [0.1, 0.15) is 0 Å². The Kier molecular flexibility index (Phi) is 4.06. The van der Waals surface area contributed by atoms with Crippen molar-refractivity contribution in [3.8, 4) is 0 Å². The third-order valence-electron chi connectivity index (χ3n) is 3.86. The van der Waals surface area contributed by atoms with Crippen molar-refractivity contribution in [1.29, 1.82) is 0 Å². The zero-order valence-corrected chi connectivity index (χ0v) is 11.1. The van der Waals surface area contributed by atoms with E-state index in [4.69, 9.17) is 4.74 Å². The number of hydrogen-bond acceptors (Lipinski definition) is 3. The van der Waals surface area contributed by atoms with Crippen LogP contribution in [0, 0.1) is 5.92 Å². The molecule has 0 aliphatic carbocycles. The molecular weight excluding hydrogens is 236 g/mol. The quantitative estimate of drug-likeness (QED) is 0.913. The Morgan fingerprint density at radius 2 is 2.11 bits per heavy atom. The van der Waals surface area contributed by atoms with Crippen molar-refractivity contribution in [1.82, 2.24) is 10.3 Å². The van der Waals surface area contributed by atoms with Crippen LogP contribution in [0.1, 0.15) is 18.4 Å². The van der Waals surface area contributed by atoms with Gasteiger partial charge in [0.25, 0.3) is 0 Å². The molecule has 0 amide bonds. The third-order valence-corrected chi connectivity index (χ3v) is 3.86. The molecule has 3 nitrogen and oxygen atoms in total. The second-order valence-electron chi connectivity index (χ2n) is 5.20. The summed E-state index contributed by atoms with van der Waals surface area (Å²) in [5.74, 6) is 0.769. The van der Waals surface area contributed by atoms with E-state index in [-0.39, 0.29) is 0 Å². The SMILES string of the molecule is c1cc(CNCC2CCOCC2)c2ccncc2c1. The molecule has 2 heterocycles. The zero-order chi connectivity index (χ0) is 12.9. The molecule has 0 saturated carbocycles. The van der Waals surface area contributed by atoms with Crippen LogP contribution in [-0.2, 0) is 11.3 Å². The number of benzene rings is 1. The van der Waals surface area contributed by atoms with Crippen LogP contribution in [0.2, 0.25) is 0 Å². The van der Waals surface area contributed by atoms with Gasteiger partial charge in [-0.2, -0.15) is 0 Å². The van der Waals surface area contributed by atoms with Crippen molar-refractivity contribution < 1.29 is 4.74 Å². The molecule has 1 aromatic carbocycles. The van der Waals surface area contributed by atoms with Crippen LogP contribution in [0.3, 0.4) is 0 Å². The maximum Gasteiger partial charge on any atom is 0.0469 e. The molecule has 1 fully saturated rings. The fraction of sp³-hybridized carbons (Fsp3) is 0.438. The fourth-order valence-electron chi connectivity index (χ4n) is 2.71. The van der Waals surface area contributed by atoms with E-state index in [9.17, 15) is 0 Å². The Balaban J connectivity index is 1.62. The lowest BCUT2D eigenvalue weighted by atomic mass is 10.00. The highest BCUT2D eigenvalue weighted by Gasteiger charge is 2.13. The molecule has 3 heteroatoms. The van der Waals surface area contributed by atoms with Gasteiger partial charge in [-0.1, -0.05) is 18.2 Å². The van der Waals surface area contributed by atoms with E-state index in [0.717, 1.165) is 32.2 Å². The molecule has 2 aromatic rings. The predicted octanol–water partition coefficient (Wildman–Crippen LogP) is 2.75. The van der Waals surface area contributed by atoms with Gasteiger partial charge in [-0.15, -0.1) is 0 Å². The van der Waals surface area contributed by atoms with Crippen molar-refractivity contribution in [3.05, 3.63) is 42.2 Å². The smallest absolute Gasteiger partial charge is 0.0469 e. The van der Waals surface area contributed by atoms with Crippen LogP contribution in [-0.4, -0.2) is 24.7 Å². The first-order valence-electron chi connectivity index (χ1n) is 7.03. The summed E-state index contributed by atoms with van der Waals surface area (Å²) in [6.45, 7) is 3.86. The minimum atomic E-state index is 0.769. The maximum absolute atomic E-state index is 5.39. The van der Waals surface area contributed by atoms with Gasteiger partial charge in [-0.05, 0) is 42.3 Å². The molecule has 1 saturated heterocycles. The van der Waals surface area contributed by atoms with Crippen LogP contribution in [0.15, 0.2) is 36.7 Å². The lowest BCUT2D eigenvalue weighted by Crippen LogP contribution is -2.27. The average Bonchev–Trinajstić information content (AvgIpc) is 2.49. The van der Waals surface area contributed by atoms with E-state index in [1.165, 1.54) is 29.2 Å². The first-order chi connectivity index (χ1) is 9.43. The molecule has 0 radical (unpaired) electrons. The summed E-state index contributed by atoms with van der Waals surface area (Å²) < 4.78 is 5.39. The molecule has 0 atom stereocenters. The summed E-state index contributed by atoms with van der Waals surface area (Å²) in [7, 11) is 0. The van der Waals surface area contributed by atoms with Gasteiger partial charge in [0.05, 0.1) is 0 Å². The van der Waals surface area contributed by atoms with Gasteiger partial charge in [0, 0.05) is 37.5 Å². The molecule has 1 aliphatic heterocycles. The number of fused-ring (bicyclic) bond motifs is 1. The van der Waals surface area contributed by atoms with E-state index in [0.29, 0.717) is 0 Å². The number of pyridine rings is 1. The summed E-state index contributed by atoms with van der Waals surface area (Å²) in [6.07, 6.45) is 6.17. The van der Waals surface area contributed by atoms with Crippen molar-refractivity contribution in [2.45, 2.75) is 19.4 Å². The van der Waals surface area contributed by atoms with E-state index < -0.39 is 0 Å². The molecule has 1 N–H and O–H groups in total. The number of hydrogen-bond donors (Lipinski definition) is 1. The molecule has 0 bridgehead atoms. The van der Waals surface area contributed by atoms with E-state index in [1.807, 2.05) is 12.4 Å². The number of rotatable bonds is 4. The van der Waals surface area contributed by atoms with Gasteiger partial charge < -0.3 is 10.1 Å². The normalized spacial score (nSPS) is 16.8. The largest absolute Gasteiger partial charge is 0.381 e. The summed E-state index contributed by atoms with van der Waals surface area (Å²) in [5, 5.41) is 6.11. The highest BCUT2D eigenvalue weighted by atomic mass is 16.5. The van der Waals surface area contributed by atoms with E-state index >= 15 is 0 Å². The van der Waals surface area contributed by atoms with Crippen molar-refractivity contribution in [2.24, 2.45) is 5.92 Å². The van der Waals surface area contributed by atoms with Crippen LogP contribution >= 0.6 is 0 Å². The first-order valence-corrected chi connectivity index (χ1v) is 7.03. The highest BCUT2D eigenvalue weighted by molar-refractivity contribution is 5.84. The average molecular weight is 256 g/mol. The molecule has 100 valence electrons. The van der Waals surface area contributed by atoms with E-state index in [2.05, 4.69) is 34.6 Å². The van der Waals surface area contributed by atoms with Crippen LogP contribution in [0.5, 0.6) is 0 Å². The second kappa shape index (κ2) is 6.13. The highest BCUT2D eigenvalue weighted by Crippen LogP contribution is 2.18. The summed E-state index contributed by atoms with van der Waals surface area (Å²) in [6, 6.07) is 8.51. The lowest BCUT2D eigenvalue weighted by molar-refractivity contribution is 0.0662. The number of aromatic nitrogens is 1. The Morgan fingerprint density at radius 1 is 1.21 bits per heavy atom. The maximum atomic E-state index is 5.39. The summed E-state index contributed by atoms with van der Waals surface area (Å²) in [4.78, 5) is 4.17. The van der Waals surface area contributed by atoms with Gasteiger partial charge in [0.2, 0.25) is 0 Å². The van der Waals surface area contributed by atoms with Crippen molar-refractivity contribution >= 4 is 10.8 Å². The molecular formula is C16H20N2O. The zero-order valence-electron chi connectivity index (χ0n) is 11.1. The first kappa shape index (κ1) is 12.6. The second-order valence-corrected chi connectivity index (χ2v) is 5.20. The van der Waals surface area contributed by atoms with Crippen LogP contribution < -0.4 is 5.32 Å². The standard InChI is InChI=1S/C16H20N2O/c1-2-14-11-17-7-4-16(14)15(3-1)12-18-10-13-5-8-19-9-6-13/h1-4,7,11,13,18H,5-6,8-10,12H2. The third kappa shape index (κ3) is 3.11. The number of ether oxygens (including phenoxy) is 1. The topological polar surface area (TPSA) is 34.1 Å². The van der Waals surface area contributed by atoms with Gasteiger partial charge in [-0.3, -0.25) is 4.98 Å². The lowest BCUT2D eigenvalue weighted by Gasteiger charge is -2.22. The van der Waals surface area contributed by atoms with Crippen LogP contribution in [0.25, 0.3) is 10.8 Å². The summed E-state index contributed by atoms with van der Waals surface area (Å²) >= 11 is 0. The van der Waals surface area contributed by atoms with E-state index in [1.54, 1.807) is 0 Å². The Morgan fingerprint density at radius 3 is 3.00 bits per heavy atom. The summed E-state index contributed by atoms with van der Waals surface area (Å²) in [5.41, 5.74) is 1.35. The Labute approximate surface area is 114 Å². The van der Waals surface area contributed by atoms with Gasteiger partial charge >= 0.3 is 0 Å². The molecule has 0 spiro atoms. The fourth-order valence-corrected chi connectivity index (χ4v) is 2.71. The van der Waals surface area contributed by atoms with Crippen molar-refractivity contribution in [3.63, 3.8) is 0 Å². The minimum Gasteiger partial charge on any atom is -0.381 e. The minimum absolute atomic E-state index is 0.769. The number of nitrogens with zero attached hydrogens (tertiary/aromatic N) is 1. The molecule has 0 unspecified atom stereocenters.